The zero-order chi connectivity index (χ0) is 30.4. The second kappa shape index (κ2) is 10.9. The largest absolute Gasteiger partial charge is 0.490 e. The maximum absolute atomic E-state index is 13.7. The Kier molecular flexibility index (Phi) is 7.73. The number of ketones is 2. The van der Waals surface area contributed by atoms with Gasteiger partial charge in [0.05, 0.1) is 6.61 Å². The van der Waals surface area contributed by atoms with Crippen LogP contribution in [0.1, 0.15) is 77.3 Å². The number of carbonyl (C=O) groups excluding carboxylic acids is 2. The zero-order valence-corrected chi connectivity index (χ0v) is 25.7. The molecule has 222 valence electrons. The molecule has 3 aliphatic rings. The molecule has 0 aromatic heterocycles. The van der Waals surface area contributed by atoms with Crippen molar-refractivity contribution in [3.05, 3.63) is 88.9 Å². The van der Waals surface area contributed by atoms with Gasteiger partial charge in [-0.1, -0.05) is 58.0 Å². The van der Waals surface area contributed by atoms with Crippen LogP contribution >= 0.6 is 0 Å². The summed E-state index contributed by atoms with van der Waals surface area (Å²) in [6.45, 7) is 14.1. The molecule has 5 rings (SSSR count). The fourth-order valence-corrected chi connectivity index (χ4v) is 7.26. The standard InChI is InChI=1S/C34H38O7S/c1-7-12-21-15-22(16-26(39-8-2)32(21)41-42(37,38)23-13-10-9-11-14-23)29-30-24(35)17-33(3,4)19-27(30)40-28-20-34(5,6)18-25(36)31(28)29/h7,9-11,13-16,29H,1,8,12,17-20H2,2-6H3. The highest BCUT2D eigenvalue weighted by molar-refractivity contribution is 7.87. The number of Topliss-reactive ketones (excluding diaryl/α,β-unsaturated/α-hetero) is 2. The van der Waals surface area contributed by atoms with Gasteiger partial charge in [-0.2, -0.15) is 8.42 Å². The molecule has 0 amide bonds. The first-order valence-corrected chi connectivity index (χ1v) is 15.8. The molecule has 8 heteroatoms. The molecule has 2 aromatic carbocycles. The Morgan fingerprint density at radius 3 is 2.02 bits per heavy atom. The van der Waals surface area contributed by atoms with Gasteiger partial charge in [0.25, 0.3) is 0 Å². The number of allylic oxidation sites excluding steroid dienone is 5. The normalized spacial score (nSPS) is 20.0. The van der Waals surface area contributed by atoms with E-state index in [-0.39, 0.29) is 51.8 Å². The van der Waals surface area contributed by atoms with E-state index in [1.54, 1.807) is 37.3 Å². The molecular formula is C34H38O7S. The minimum absolute atomic E-state index is 0.0148. The third-order valence-corrected chi connectivity index (χ3v) is 9.19. The van der Waals surface area contributed by atoms with Crippen LogP contribution in [0.25, 0.3) is 0 Å². The lowest BCUT2D eigenvalue weighted by Gasteiger charge is -2.42. The van der Waals surface area contributed by atoms with E-state index in [0.717, 1.165) is 0 Å². The molecule has 0 bridgehead atoms. The summed E-state index contributed by atoms with van der Waals surface area (Å²) in [4.78, 5) is 27.5. The van der Waals surface area contributed by atoms with Crippen LogP contribution in [0.3, 0.4) is 0 Å². The summed E-state index contributed by atoms with van der Waals surface area (Å²) in [5, 5.41) is 0. The van der Waals surface area contributed by atoms with E-state index in [9.17, 15) is 18.0 Å². The Labute approximate surface area is 248 Å². The first-order valence-electron chi connectivity index (χ1n) is 14.4. The molecule has 0 saturated carbocycles. The van der Waals surface area contributed by atoms with Crippen LogP contribution in [-0.2, 0) is 30.9 Å². The van der Waals surface area contributed by atoms with Gasteiger partial charge in [0.15, 0.2) is 23.1 Å². The molecule has 42 heavy (non-hydrogen) atoms. The summed E-state index contributed by atoms with van der Waals surface area (Å²) in [5.74, 6) is 0.748. The van der Waals surface area contributed by atoms with Gasteiger partial charge in [-0.3, -0.25) is 9.59 Å². The Bertz CT molecular complexity index is 1570. The van der Waals surface area contributed by atoms with E-state index in [1.165, 1.54) is 12.1 Å². The first kappa shape index (κ1) is 29.8. The molecular weight excluding hydrogens is 552 g/mol. The summed E-state index contributed by atoms with van der Waals surface area (Å²) in [5.41, 5.74) is 1.62. The average Bonchev–Trinajstić information content (AvgIpc) is 2.88. The fraction of sp³-hybridized carbons (Fsp3) is 0.412. The zero-order valence-electron chi connectivity index (χ0n) is 24.9. The molecule has 2 aliphatic carbocycles. The van der Waals surface area contributed by atoms with Gasteiger partial charge in [0, 0.05) is 48.3 Å². The van der Waals surface area contributed by atoms with Crippen molar-refractivity contribution in [2.75, 3.05) is 6.61 Å². The van der Waals surface area contributed by atoms with Crippen LogP contribution in [0.2, 0.25) is 0 Å². The van der Waals surface area contributed by atoms with E-state index in [2.05, 4.69) is 6.58 Å². The molecule has 0 N–H and O–H groups in total. The van der Waals surface area contributed by atoms with Gasteiger partial charge in [0.2, 0.25) is 0 Å². The molecule has 0 saturated heterocycles. The molecule has 0 spiro atoms. The van der Waals surface area contributed by atoms with Crippen LogP contribution in [-0.4, -0.2) is 26.6 Å². The smallest absolute Gasteiger partial charge is 0.339 e. The van der Waals surface area contributed by atoms with Gasteiger partial charge >= 0.3 is 10.1 Å². The minimum atomic E-state index is -4.18. The number of hydrogen-bond donors (Lipinski definition) is 0. The van der Waals surface area contributed by atoms with Gasteiger partial charge < -0.3 is 13.7 Å². The lowest BCUT2D eigenvalue weighted by molar-refractivity contribution is -0.120. The summed E-state index contributed by atoms with van der Waals surface area (Å²) < 4.78 is 44.6. The first-order chi connectivity index (χ1) is 19.7. The van der Waals surface area contributed by atoms with E-state index in [4.69, 9.17) is 13.7 Å². The van der Waals surface area contributed by atoms with Crippen molar-refractivity contribution in [1.82, 2.24) is 0 Å². The third kappa shape index (κ3) is 5.69. The molecule has 0 fully saturated rings. The summed E-state index contributed by atoms with van der Waals surface area (Å²) >= 11 is 0. The highest BCUT2D eigenvalue weighted by Gasteiger charge is 2.48. The van der Waals surface area contributed by atoms with Crippen LogP contribution in [0.15, 0.2) is 82.7 Å². The van der Waals surface area contributed by atoms with E-state index < -0.39 is 16.0 Å². The summed E-state index contributed by atoms with van der Waals surface area (Å²) in [7, 11) is -4.18. The maximum Gasteiger partial charge on any atom is 0.339 e. The van der Waals surface area contributed by atoms with E-state index in [1.807, 2.05) is 33.8 Å². The highest BCUT2D eigenvalue weighted by atomic mass is 32.2. The maximum atomic E-state index is 13.7. The van der Waals surface area contributed by atoms with Crippen molar-refractivity contribution >= 4 is 21.7 Å². The molecule has 0 atom stereocenters. The van der Waals surface area contributed by atoms with E-state index >= 15 is 0 Å². The SMILES string of the molecule is C=CCc1cc(C2C3=C(CC(C)(C)CC3=O)OC3=C2C(=O)CC(C)(C)C3)cc(OCC)c1OS(=O)(=O)c1ccccc1. The minimum Gasteiger partial charge on any atom is -0.490 e. The number of rotatable bonds is 8. The Hall–Kier alpha value is -3.65. The average molecular weight is 591 g/mol. The quantitative estimate of drug-likeness (QED) is 0.242. The number of hydrogen-bond acceptors (Lipinski definition) is 7. The van der Waals surface area contributed by atoms with Crippen LogP contribution < -0.4 is 8.92 Å². The Balaban J connectivity index is 1.72. The summed E-state index contributed by atoms with van der Waals surface area (Å²) in [6, 6.07) is 11.4. The molecule has 0 unspecified atom stereocenters. The number of benzene rings is 2. The predicted molar refractivity (Wildman–Crippen MR) is 160 cm³/mol. The molecule has 1 aliphatic heterocycles. The topological polar surface area (TPSA) is 96.0 Å². The molecule has 2 aromatic rings. The summed E-state index contributed by atoms with van der Waals surface area (Å²) in [6.07, 6.45) is 3.74. The van der Waals surface area contributed by atoms with Gasteiger partial charge in [-0.15, -0.1) is 6.58 Å². The highest BCUT2D eigenvalue weighted by Crippen LogP contribution is 2.54. The third-order valence-electron chi connectivity index (χ3n) is 7.96. The molecule has 1 heterocycles. The monoisotopic (exact) mass is 590 g/mol. The van der Waals surface area contributed by atoms with Crippen LogP contribution in [0.5, 0.6) is 11.5 Å². The van der Waals surface area contributed by atoms with Gasteiger partial charge in [-0.25, -0.2) is 0 Å². The number of carbonyl (C=O) groups is 2. The van der Waals surface area contributed by atoms with Crippen molar-refractivity contribution in [3.63, 3.8) is 0 Å². The lowest BCUT2D eigenvalue weighted by atomic mass is 9.65. The van der Waals surface area contributed by atoms with Crippen molar-refractivity contribution < 1.29 is 31.7 Å². The van der Waals surface area contributed by atoms with Gasteiger partial charge in [0.1, 0.15) is 16.4 Å². The second-order valence-electron chi connectivity index (χ2n) is 12.9. The molecule has 0 radical (unpaired) electrons. The van der Waals surface area contributed by atoms with Crippen molar-refractivity contribution in [2.45, 2.75) is 77.5 Å². The van der Waals surface area contributed by atoms with Crippen LogP contribution in [0.4, 0.5) is 0 Å². The van der Waals surface area contributed by atoms with Crippen molar-refractivity contribution in [2.24, 2.45) is 10.8 Å². The second-order valence-corrected chi connectivity index (χ2v) is 14.4. The predicted octanol–water partition coefficient (Wildman–Crippen LogP) is 6.98. The van der Waals surface area contributed by atoms with E-state index in [0.29, 0.717) is 59.5 Å². The Morgan fingerprint density at radius 2 is 1.50 bits per heavy atom. The lowest BCUT2D eigenvalue weighted by Crippen LogP contribution is -2.37. The van der Waals surface area contributed by atoms with Gasteiger partial charge in [-0.05, 0) is 47.9 Å². The fourth-order valence-electron chi connectivity index (χ4n) is 6.27. The Morgan fingerprint density at radius 1 is 0.929 bits per heavy atom. The van der Waals surface area contributed by atoms with Crippen molar-refractivity contribution in [1.29, 1.82) is 0 Å². The van der Waals surface area contributed by atoms with Crippen molar-refractivity contribution in [3.8, 4) is 11.5 Å². The van der Waals surface area contributed by atoms with Crippen LogP contribution in [0, 0.1) is 10.8 Å². The molecule has 7 nitrogen and oxygen atoms in total. The number of ether oxygens (including phenoxy) is 2.